The normalized spacial score (nSPS) is 12.9. The van der Waals surface area contributed by atoms with E-state index >= 15 is 0 Å². The van der Waals surface area contributed by atoms with Crippen molar-refractivity contribution in [2.24, 2.45) is 0 Å². The Bertz CT molecular complexity index is 472. The average Bonchev–Trinajstić information content (AvgIpc) is 2.36. The second-order valence-corrected chi connectivity index (χ2v) is 5.87. The molecule has 1 unspecified atom stereocenters. The van der Waals surface area contributed by atoms with Gasteiger partial charge in [0.25, 0.3) is 5.91 Å². The minimum atomic E-state index is -0.709. The zero-order chi connectivity index (χ0) is 15.3. The van der Waals surface area contributed by atoms with Crippen LogP contribution in [0.5, 0.6) is 5.75 Å². The largest absolute Gasteiger partial charge is 0.483 e. The van der Waals surface area contributed by atoms with Crippen LogP contribution in [0.1, 0.15) is 45.8 Å². The third-order valence-corrected chi connectivity index (χ3v) is 3.38. The summed E-state index contributed by atoms with van der Waals surface area (Å²) in [7, 11) is 0. The summed E-state index contributed by atoms with van der Waals surface area (Å²) in [6.07, 6.45) is 0.123. The third kappa shape index (κ3) is 5.02. The van der Waals surface area contributed by atoms with E-state index in [2.05, 4.69) is 5.32 Å². The van der Waals surface area contributed by atoms with Crippen LogP contribution in [-0.2, 0) is 4.79 Å². The van der Waals surface area contributed by atoms with Crippen molar-refractivity contribution in [1.82, 2.24) is 5.32 Å². The topological polar surface area (TPSA) is 58.6 Å². The molecule has 20 heavy (non-hydrogen) atoms. The van der Waals surface area contributed by atoms with Crippen LogP contribution < -0.4 is 10.1 Å². The van der Waals surface area contributed by atoms with Crippen molar-refractivity contribution < 1.29 is 14.6 Å². The van der Waals surface area contributed by atoms with Crippen LogP contribution in [0.2, 0.25) is 5.02 Å². The predicted octanol–water partition coefficient (Wildman–Crippen LogP) is 3.08. The first-order valence-electron chi connectivity index (χ1n) is 6.66. The number of carbonyl (C=O) groups excluding carboxylic acids is 1. The quantitative estimate of drug-likeness (QED) is 0.848. The summed E-state index contributed by atoms with van der Waals surface area (Å²) in [5.74, 6) is 0.275. The van der Waals surface area contributed by atoms with Crippen molar-refractivity contribution in [1.29, 1.82) is 0 Å². The Morgan fingerprint density at radius 3 is 2.70 bits per heavy atom. The van der Waals surface area contributed by atoms with E-state index in [0.717, 1.165) is 6.42 Å². The van der Waals surface area contributed by atoms with E-state index in [-0.39, 0.29) is 18.1 Å². The average molecular weight is 300 g/mol. The molecule has 1 aromatic rings. The van der Waals surface area contributed by atoms with Gasteiger partial charge in [-0.05, 0) is 45.4 Å². The smallest absolute Gasteiger partial charge is 0.258 e. The number of ether oxygens (including phenoxy) is 1. The monoisotopic (exact) mass is 299 g/mol. The maximum absolute atomic E-state index is 11.8. The second kappa shape index (κ2) is 6.95. The van der Waals surface area contributed by atoms with Gasteiger partial charge in [0.1, 0.15) is 5.75 Å². The first kappa shape index (κ1) is 16.8. The Kier molecular flexibility index (Phi) is 5.84. The molecule has 0 saturated carbocycles. The number of amides is 1. The van der Waals surface area contributed by atoms with Gasteiger partial charge in [-0.1, -0.05) is 18.5 Å². The Labute approximate surface area is 125 Å². The zero-order valence-electron chi connectivity index (χ0n) is 12.4. The number of rotatable bonds is 6. The lowest BCUT2D eigenvalue weighted by Gasteiger charge is -2.24. The number of halogens is 1. The summed E-state index contributed by atoms with van der Waals surface area (Å²) in [5, 5.41) is 13.1. The highest BCUT2D eigenvalue weighted by Gasteiger charge is 2.18. The molecule has 0 bridgehead atoms. The molecule has 0 aromatic heterocycles. The van der Waals surface area contributed by atoms with Gasteiger partial charge in [-0.15, -0.1) is 0 Å². The maximum atomic E-state index is 11.8. The van der Waals surface area contributed by atoms with Gasteiger partial charge in [-0.25, -0.2) is 0 Å². The van der Waals surface area contributed by atoms with E-state index in [1.807, 2.05) is 20.8 Å². The summed E-state index contributed by atoms with van der Waals surface area (Å²) >= 11 is 5.88. The van der Waals surface area contributed by atoms with E-state index in [1.54, 1.807) is 25.1 Å². The van der Waals surface area contributed by atoms with Gasteiger partial charge < -0.3 is 15.2 Å². The fraction of sp³-hybridized carbons (Fsp3) is 0.533. The number of hydrogen-bond donors (Lipinski definition) is 2. The molecule has 0 aliphatic rings. The lowest BCUT2D eigenvalue weighted by molar-refractivity contribution is -0.124. The number of aliphatic hydroxyl groups is 1. The van der Waals surface area contributed by atoms with Gasteiger partial charge >= 0.3 is 0 Å². The first-order valence-corrected chi connectivity index (χ1v) is 7.04. The van der Waals surface area contributed by atoms with Gasteiger partial charge in [0.05, 0.1) is 6.10 Å². The van der Waals surface area contributed by atoms with Crippen LogP contribution in [0, 0.1) is 0 Å². The predicted molar refractivity (Wildman–Crippen MR) is 80.1 cm³/mol. The molecule has 1 atom stereocenters. The molecule has 1 rings (SSSR count). The van der Waals surface area contributed by atoms with Gasteiger partial charge in [0.2, 0.25) is 0 Å². The van der Waals surface area contributed by atoms with Gasteiger partial charge in [0.15, 0.2) is 6.61 Å². The highest BCUT2D eigenvalue weighted by Crippen LogP contribution is 2.28. The molecule has 0 aliphatic heterocycles. The second-order valence-electron chi connectivity index (χ2n) is 5.43. The zero-order valence-corrected chi connectivity index (χ0v) is 13.1. The summed E-state index contributed by atoms with van der Waals surface area (Å²) < 4.78 is 5.47. The van der Waals surface area contributed by atoms with Crippen molar-refractivity contribution in [3.63, 3.8) is 0 Å². The van der Waals surface area contributed by atoms with E-state index in [4.69, 9.17) is 16.3 Å². The molecule has 0 aliphatic carbocycles. The molecule has 0 saturated heterocycles. The number of nitrogens with one attached hydrogen (secondary N) is 1. The minimum absolute atomic E-state index is 0.0925. The fourth-order valence-corrected chi connectivity index (χ4v) is 1.80. The Morgan fingerprint density at radius 2 is 2.15 bits per heavy atom. The van der Waals surface area contributed by atoms with Crippen molar-refractivity contribution in [3.05, 3.63) is 28.8 Å². The Balaban J connectivity index is 2.68. The van der Waals surface area contributed by atoms with Crippen LogP contribution in [0.15, 0.2) is 18.2 Å². The minimum Gasteiger partial charge on any atom is -0.483 e. The van der Waals surface area contributed by atoms with E-state index in [9.17, 15) is 9.90 Å². The molecule has 1 aromatic carbocycles. The van der Waals surface area contributed by atoms with Crippen molar-refractivity contribution in [2.45, 2.75) is 45.8 Å². The molecule has 4 nitrogen and oxygen atoms in total. The van der Waals surface area contributed by atoms with Crippen LogP contribution in [0.4, 0.5) is 0 Å². The van der Waals surface area contributed by atoms with Gasteiger partial charge in [-0.3, -0.25) is 4.79 Å². The van der Waals surface area contributed by atoms with Crippen LogP contribution >= 0.6 is 11.6 Å². The Morgan fingerprint density at radius 1 is 1.50 bits per heavy atom. The van der Waals surface area contributed by atoms with Crippen LogP contribution in [0.3, 0.4) is 0 Å². The SMILES string of the molecule is CCC(C)(C)NC(=O)COc1ccc(Cl)cc1C(C)O. The van der Waals surface area contributed by atoms with Gasteiger partial charge in [-0.2, -0.15) is 0 Å². The number of hydrogen-bond acceptors (Lipinski definition) is 3. The number of carbonyl (C=O) groups is 1. The summed E-state index contributed by atoms with van der Waals surface area (Å²) in [5.41, 5.74) is 0.313. The first-order chi connectivity index (χ1) is 9.25. The molecule has 112 valence electrons. The molecule has 0 spiro atoms. The summed E-state index contributed by atoms with van der Waals surface area (Å²) in [4.78, 5) is 11.8. The summed E-state index contributed by atoms with van der Waals surface area (Å²) in [6.45, 7) is 7.44. The molecular weight excluding hydrogens is 278 g/mol. The van der Waals surface area contributed by atoms with Gasteiger partial charge in [0, 0.05) is 16.1 Å². The fourth-order valence-electron chi connectivity index (χ4n) is 1.62. The number of benzene rings is 1. The van der Waals surface area contributed by atoms with E-state index < -0.39 is 6.10 Å². The van der Waals surface area contributed by atoms with E-state index in [0.29, 0.717) is 16.3 Å². The van der Waals surface area contributed by atoms with E-state index in [1.165, 1.54) is 0 Å². The summed E-state index contributed by atoms with van der Waals surface area (Å²) in [6, 6.07) is 4.95. The lowest BCUT2D eigenvalue weighted by Crippen LogP contribution is -2.44. The highest BCUT2D eigenvalue weighted by molar-refractivity contribution is 6.30. The van der Waals surface area contributed by atoms with Crippen molar-refractivity contribution in [3.8, 4) is 5.75 Å². The van der Waals surface area contributed by atoms with Crippen LogP contribution in [-0.4, -0.2) is 23.2 Å². The highest BCUT2D eigenvalue weighted by atomic mass is 35.5. The molecule has 0 fully saturated rings. The molecule has 0 radical (unpaired) electrons. The lowest BCUT2D eigenvalue weighted by atomic mass is 10.0. The van der Waals surface area contributed by atoms with Crippen molar-refractivity contribution in [2.75, 3.05) is 6.61 Å². The third-order valence-electron chi connectivity index (χ3n) is 3.14. The molecule has 2 N–H and O–H groups in total. The molecule has 5 heteroatoms. The molecule has 1 amide bonds. The standard InChI is InChI=1S/C15H22ClNO3/c1-5-15(3,4)17-14(19)9-20-13-7-6-11(16)8-12(13)10(2)18/h6-8,10,18H,5,9H2,1-4H3,(H,17,19). The molecular formula is C15H22ClNO3. The molecule has 0 heterocycles. The Hall–Kier alpha value is -1.26. The van der Waals surface area contributed by atoms with Crippen molar-refractivity contribution >= 4 is 17.5 Å². The number of aliphatic hydroxyl groups excluding tert-OH is 1. The maximum Gasteiger partial charge on any atom is 0.258 e. The van der Waals surface area contributed by atoms with Crippen LogP contribution in [0.25, 0.3) is 0 Å².